The van der Waals surface area contributed by atoms with Crippen molar-refractivity contribution < 1.29 is 12.8 Å². The van der Waals surface area contributed by atoms with Gasteiger partial charge in [0.05, 0.1) is 10.7 Å². The Labute approximate surface area is 127 Å². The van der Waals surface area contributed by atoms with Gasteiger partial charge in [0, 0.05) is 5.69 Å². The Morgan fingerprint density at radius 1 is 1.14 bits per heavy atom. The van der Waals surface area contributed by atoms with Crippen LogP contribution in [0.1, 0.15) is 11.1 Å². The molecule has 0 spiro atoms. The molecule has 0 aliphatic heterocycles. The third-order valence-corrected chi connectivity index (χ3v) is 4.87. The number of hydrogen-bond donors (Lipinski definition) is 2. The smallest absolute Gasteiger partial charge is 0.263 e. The van der Waals surface area contributed by atoms with Gasteiger partial charge < -0.3 is 5.73 Å². The van der Waals surface area contributed by atoms with Crippen molar-refractivity contribution in [1.82, 2.24) is 0 Å². The van der Waals surface area contributed by atoms with E-state index in [4.69, 9.17) is 17.3 Å². The summed E-state index contributed by atoms with van der Waals surface area (Å²) in [5.41, 5.74) is 7.50. The number of hydrogen-bond acceptors (Lipinski definition) is 3. The standard InChI is InChI=1S/C14H14ClFN2O2S/c1-8-6-11(15)14(7-12(8)17)21(19,20)18-13-4-3-10(16)5-9(13)2/h3-7,18H,17H2,1-2H3. The Kier molecular flexibility index (Phi) is 4.11. The first-order chi connectivity index (χ1) is 9.70. The molecule has 0 aliphatic rings. The highest BCUT2D eigenvalue weighted by Crippen LogP contribution is 2.29. The summed E-state index contributed by atoms with van der Waals surface area (Å²) in [6.45, 7) is 3.33. The SMILES string of the molecule is Cc1cc(Cl)c(S(=O)(=O)Nc2ccc(F)cc2C)cc1N. The van der Waals surface area contributed by atoms with Gasteiger partial charge >= 0.3 is 0 Å². The average molecular weight is 329 g/mol. The van der Waals surface area contributed by atoms with Gasteiger partial charge in [-0.3, -0.25) is 4.72 Å². The summed E-state index contributed by atoms with van der Waals surface area (Å²) >= 11 is 5.98. The molecule has 0 aliphatic carbocycles. The van der Waals surface area contributed by atoms with Gasteiger partial charge in [-0.2, -0.15) is 0 Å². The Balaban J connectivity index is 2.46. The van der Waals surface area contributed by atoms with E-state index in [1.807, 2.05) is 0 Å². The molecule has 21 heavy (non-hydrogen) atoms. The summed E-state index contributed by atoms with van der Waals surface area (Å²) in [6.07, 6.45) is 0. The maximum atomic E-state index is 13.0. The number of sulfonamides is 1. The molecule has 4 nitrogen and oxygen atoms in total. The van der Waals surface area contributed by atoms with Gasteiger partial charge in [0.2, 0.25) is 0 Å². The Bertz CT molecular complexity index is 807. The fourth-order valence-electron chi connectivity index (χ4n) is 1.82. The molecular formula is C14H14ClFN2O2S. The van der Waals surface area contributed by atoms with Crippen molar-refractivity contribution in [2.45, 2.75) is 18.7 Å². The molecule has 0 saturated heterocycles. The summed E-state index contributed by atoms with van der Waals surface area (Å²) < 4.78 is 40.2. The van der Waals surface area contributed by atoms with Crippen LogP contribution in [0.3, 0.4) is 0 Å². The van der Waals surface area contributed by atoms with Crippen LogP contribution < -0.4 is 10.5 Å². The third kappa shape index (κ3) is 3.28. The van der Waals surface area contributed by atoms with E-state index in [-0.39, 0.29) is 15.6 Å². The van der Waals surface area contributed by atoms with Crippen LogP contribution in [0.15, 0.2) is 35.2 Å². The first kappa shape index (κ1) is 15.6. The molecule has 112 valence electrons. The molecule has 0 unspecified atom stereocenters. The van der Waals surface area contributed by atoms with E-state index in [1.165, 1.54) is 30.3 Å². The second-order valence-corrected chi connectivity index (χ2v) is 6.76. The minimum Gasteiger partial charge on any atom is -0.398 e. The van der Waals surface area contributed by atoms with Gasteiger partial charge in [-0.05, 0) is 55.3 Å². The number of nitrogen functional groups attached to an aromatic ring is 1. The number of benzene rings is 2. The summed E-state index contributed by atoms with van der Waals surface area (Å²) in [6, 6.07) is 6.56. The Morgan fingerprint density at radius 3 is 2.43 bits per heavy atom. The predicted octanol–water partition coefficient (Wildman–Crippen LogP) is 3.48. The van der Waals surface area contributed by atoms with Crippen LogP contribution in [0.25, 0.3) is 0 Å². The van der Waals surface area contributed by atoms with E-state index in [0.29, 0.717) is 16.8 Å². The zero-order chi connectivity index (χ0) is 15.8. The van der Waals surface area contributed by atoms with Crippen LogP contribution in [0.5, 0.6) is 0 Å². The van der Waals surface area contributed by atoms with Gasteiger partial charge in [-0.25, -0.2) is 12.8 Å². The number of rotatable bonds is 3. The molecule has 0 atom stereocenters. The molecular weight excluding hydrogens is 315 g/mol. The number of aryl methyl sites for hydroxylation is 2. The largest absolute Gasteiger partial charge is 0.398 e. The topological polar surface area (TPSA) is 72.2 Å². The van der Waals surface area contributed by atoms with E-state index in [9.17, 15) is 12.8 Å². The van der Waals surface area contributed by atoms with Gasteiger partial charge in [-0.1, -0.05) is 11.6 Å². The minimum atomic E-state index is -3.90. The van der Waals surface area contributed by atoms with Crippen molar-refractivity contribution >= 4 is 33.0 Å². The zero-order valence-corrected chi connectivity index (χ0v) is 13.0. The molecule has 0 amide bonds. The monoisotopic (exact) mass is 328 g/mol. The maximum Gasteiger partial charge on any atom is 0.263 e. The molecule has 0 heterocycles. The quantitative estimate of drug-likeness (QED) is 0.847. The second-order valence-electron chi connectivity index (χ2n) is 4.70. The fourth-order valence-corrected chi connectivity index (χ4v) is 3.57. The van der Waals surface area contributed by atoms with Crippen molar-refractivity contribution in [2.24, 2.45) is 0 Å². The number of nitrogens with one attached hydrogen (secondary N) is 1. The average Bonchev–Trinajstić information content (AvgIpc) is 2.37. The number of anilines is 2. The van der Waals surface area contributed by atoms with Crippen molar-refractivity contribution in [1.29, 1.82) is 0 Å². The highest BCUT2D eigenvalue weighted by molar-refractivity contribution is 7.92. The highest BCUT2D eigenvalue weighted by atomic mass is 35.5. The second kappa shape index (κ2) is 5.54. The summed E-state index contributed by atoms with van der Waals surface area (Å²) in [5.74, 6) is -0.437. The third-order valence-electron chi connectivity index (χ3n) is 3.04. The molecule has 2 aromatic rings. The van der Waals surface area contributed by atoms with Gasteiger partial charge in [0.1, 0.15) is 10.7 Å². The van der Waals surface area contributed by atoms with Gasteiger partial charge in [0.15, 0.2) is 0 Å². The van der Waals surface area contributed by atoms with E-state index < -0.39 is 15.8 Å². The summed E-state index contributed by atoms with van der Waals surface area (Å²) in [7, 11) is -3.90. The maximum absolute atomic E-state index is 13.0. The van der Waals surface area contributed by atoms with Crippen molar-refractivity contribution in [3.8, 4) is 0 Å². The molecule has 0 bridgehead atoms. The predicted molar refractivity (Wildman–Crippen MR) is 82.5 cm³/mol. The van der Waals surface area contributed by atoms with Crippen molar-refractivity contribution in [3.63, 3.8) is 0 Å². The molecule has 2 aromatic carbocycles. The molecule has 0 aromatic heterocycles. The molecule has 2 rings (SSSR count). The first-order valence-corrected chi connectivity index (χ1v) is 7.91. The lowest BCUT2D eigenvalue weighted by atomic mass is 10.2. The Morgan fingerprint density at radius 2 is 1.81 bits per heavy atom. The summed E-state index contributed by atoms with van der Waals surface area (Å²) in [4.78, 5) is -0.115. The van der Waals surface area contributed by atoms with Crippen LogP contribution in [-0.4, -0.2) is 8.42 Å². The number of nitrogens with two attached hydrogens (primary N) is 1. The van der Waals surface area contributed by atoms with E-state index >= 15 is 0 Å². The minimum absolute atomic E-state index is 0.0777. The zero-order valence-electron chi connectivity index (χ0n) is 11.4. The normalized spacial score (nSPS) is 11.4. The lowest BCUT2D eigenvalue weighted by Crippen LogP contribution is -2.15. The molecule has 3 N–H and O–H groups in total. The molecule has 7 heteroatoms. The van der Waals surface area contributed by atoms with E-state index in [2.05, 4.69) is 4.72 Å². The lowest BCUT2D eigenvalue weighted by molar-refractivity contribution is 0.601. The van der Waals surface area contributed by atoms with Gasteiger partial charge in [0.25, 0.3) is 10.0 Å². The van der Waals surface area contributed by atoms with Crippen LogP contribution in [0, 0.1) is 19.7 Å². The van der Waals surface area contributed by atoms with Crippen molar-refractivity contribution in [3.05, 3.63) is 52.3 Å². The van der Waals surface area contributed by atoms with Crippen molar-refractivity contribution in [2.75, 3.05) is 10.5 Å². The Hall–Kier alpha value is -1.79. The van der Waals surface area contributed by atoms with E-state index in [0.717, 1.165) is 0 Å². The van der Waals surface area contributed by atoms with Crippen LogP contribution in [0.2, 0.25) is 5.02 Å². The fraction of sp³-hybridized carbons (Fsp3) is 0.143. The van der Waals surface area contributed by atoms with Crippen LogP contribution in [-0.2, 0) is 10.0 Å². The van der Waals surface area contributed by atoms with Gasteiger partial charge in [-0.15, -0.1) is 0 Å². The summed E-state index contributed by atoms with van der Waals surface area (Å²) in [5, 5.41) is 0.0777. The molecule has 0 saturated carbocycles. The van der Waals surface area contributed by atoms with Crippen LogP contribution in [0.4, 0.5) is 15.8 Å². The number of halogens is 2. The first-order valence-electron chi connectivity index (χ1n) is 6.05. The molecule has 0 fully saturated rings. The highest BCUT2D eigenvalue weighted by Gasteiger charge is 2.20. The molecule has 0 radical (unpaired) electrons. The lowest BCUT2D eigenvalue weighted by Gasteiger charge is -2.13. The van der Waals surface area contributed by atoms with E-state index in [1.54, 1.807) is 13.8 Å². The van der Waals surface area contributed by atoms with Crippen LogP contribution >= 0.6 is 11.6 Å².